The average molecular weight is 313 g/mol. The minimum Gasteiger partial charge on any atom is -0.496 e. The molecule has 2 heterocycles. The standard InChI is InChI=1S/C17H19N3O3/c1-22-15-6-3-2-5-14(15)16(21)20-11-7-13(8-12-20)23-17-18-9-4-10-19-17/h2-6,9-10,13H,7-8,11-12H2,1H3. The number of carbonyl (C=O) groups excluding carboxylic acids is 1. The van der Waals surface area contributed by atoms with Gasteiger partial charge >= 0.3 is 6.01 Å². The SMILES string of the molecule is COc1ccccc1C(=O)N1CCC(Oc2ncccn2)CC1. The number of rotatable bonds is 4. The minimum atomic E-state index is -0.00291. The normalized spacial score (nSPS) is 15.3. The minimum absolute atomic E-state index is 0.00291. The average Bonchev–Trinajstić information content (AvgIpc) is 2.62. The maximum absolute atomic E-state index is 12.6. The monoisotopic (exact) mass is 313 g/mol. The van der Waals surface area contributed by atoms with Crippen LogP contribution in [-0.4, -0.2) is 47.1 Å². The van der Waals surface area contributed by atoms with E-state index in [-0.39, 0.29) is 12.0 Å². The summed E-state index contributed by atoms with van der Waals surface area (Å²) in [5.74, 6) is 0.602. The van der Waals surface area contributed by atoms with Gasteiger partial charge in [-0.05, 0) is 18.2 Å². The molecule has 1 aromatic heterocycles. The number of benzene rings is 1. The topological polar surface area (TPSA) is 64.5 Å². The van der Waals surface area contributed by atoms with Crippen LogP contribution in [0.2, 0.25) is 0 Å². The zero-order valence-corrected chi connectivity index (χ0v) is 13.0. The van der Waals surface area contributed by atoms with Crippen molar-refractivity contribution >= 4 is 5.91 Å². The molecule has 1 fully saturated rings. The van der Waals surface area contributed by atoms with Crippen LogP contribution in [0.3, 0.4) is 0 Å². The molecule has 0 atom stereocenters. The molecule has 6 nitrogen and oxygen atoms in total. The maximum Gasteiger partial charge on any atom is 0.316 e. The first kappa shape index (κ1) is 15.3. The van der Waals surface area contributed by atoms with Crippen molar-refractivity contribution in [2.24, 2.45) is 0 Å². The number of methoxy groups -OCH3 is 1. The van der Waals surface area contributed by atoms with Gasteiger partial charge in [0, 0.05) is 38.3 Å². The van der Waals surface area contributed by atoms with Crippen molar-refractivity contribution in [3.63, 3.8) is 0 Å². The van der Waals surface area contributed by atoms with Gasteiger partial charge in [0.05, 0.1) is 12.7 Å². The van der Waals surface area contributed by atoms with E-state index in [1.54, 1.807) is 37.7 Å². The lowest BCUT2D eigenvalue weighted by molar-refractivity contribution is 0.0576. The van der Waals surface area contributed by atoms with Gasteiger partial charge in [-0.2, -0.15) is 0 Å². The molecule has 23 heavy (non-hydrogen) atoms. The molecule has 3 rings (SSSR count). The van der Waals surface area contributed by atoms with Crippen molar-refractivity contribution in [2.45, 2.75) is 18.9 Å². The molecule has 1 aliphatic heterocycles. The molecule has 120 valence electrons. The van der Waals surface area contributed by atoms with Crippen LogP contribution in [0.25, 0.3) is 0 Å². The van der Waals surface area contributed by atoms with Gasteiger partial charge < -0.3 is 14.4 Å². The number of para-hydroxylation sites is 1. The van der Waals surface area contributed by atoms with Gasteiger partial charge in [0.25, 0.3) is 5.91 Å². The van der Waals surface area contributed by atoms with E-state index in [9.17, 15) is 4.79 Å². The van der Waals surface area contributed by atoms with Gasteiger partial charge in [0.2, 0.25) is 0 Å². The molecule has 0 unspecified atom stereocenters. The molecule has 0 saturated carbocycles. The number of amides is 1. The van der Waals surface area contributed by atoms with Gasteiger partial charge in [-0.3, -0.25) is 4.79 Å². The highest BCUT2D eigenvalue weighted by Crippen LogP contribution is 2.22. The molecule has 1 aliphatic rings. The van der Waals surface area contributed by atoms with Crippen molar-refractivity contribution in [3.05, 3.63) is 48.3 Å². The van der Waals surface area contributed by atoms with Crippen LogP contribution in [0.1, 0.15) is 23.2 Å². The van der Waals surface area contributed by atoms with E-state index in [1.165, 1.54) is 0 Å². The Morgan fingerprint density at radius 3 is 2.52 bits per heavy atom. The zero-order chi connectivity index (χ0) is 16.1. The molecular formula is C17H19N3O3. The third-order valence-electron chi connectivity index (χ3n) is 3.88. The van der Waals surface area contributed by atoms with Gasteiger partial charge in [-0.15, -0.1) is 0 Å². The highest BCUT2D eigenvalue weighted by atomic mass is 16.5. The zero-order valence-electron chi connectivity index (χ0n) is 13.0. The van der Waals surface area contributed by atoms with Crippen molar-refractivity contribution in [3.8, 4) is 11.8 Å². The fraction of sp³-hybridized carbons (Fsp3) is 0.353. The smallest absolute Gasteiger partial charge is 0.316 e. The molecule has 0 N–H and O–H groups in total. The number of carbonyl (C=O) groups is 1. The number of nitrogens with zero attached hydrogens (tertiary/aromatic N) is 3. The van der Waals surface area contributed by atoms with E-state index in [0.29, 0.717) is 30.4 Å². The molecule has 0 bridgehead atoms. The summed E-state index contributed by atoms with van der Waals surface area (Å²) in [5, 5.41) is 0. The van der Waals surface area contributed by atoms with Gasteiger partial charge in [-0.1, -0.05) is 12.1 Å². The lowest BCUT2D eigenvalue weighted by Gasteiger charge is -2.32. The van der Waals surface area contributed by atoms with Gasteiger partial charge in [-0.25, -0.2) is 9.97 Å². The Morgan fingerprint density at radius 2 is 1.83 bits per heavy atom. The van der Waals surface area contributed by atoms with Crippen LogP contribution >= 0.6 is 0 Å². The van der Waals surface area contributed by atoms with E-state index in [2.05, 4.69) is 9.97 Å². The summed E-state index contributed by atoms with van der Waals surface area (Å²) in [7, 11) is 1.58. The largest absolute Gasteiger partial charge is 0.496 e. The fourth-order valence-electron chi connectivity index (χ4n) is 2.66. The Bertz CT molecular complexity index is 655. The van der Waals surface area contributed by atoms with E-state index in [0.717, 1.165) is 12.8 Å². The lowest BCUT2D eigenvalue weighted by atomic mass is 10.1. The molecule has 0 radical (unpaired) electrons. The van der Waals surface area contributed by atoms with Gasteiger partial charge in [0.15, 0.2) is 0 Å². The fourth-order valence-corrected chi connectivity index (χ4v) is 2.66. The van der Waals surface area contributed by atoms with Crippen molar-refractivity contribution < 1.29 is 14.3 Å². The Labute approximate surface area is 135 Å². The molecule has 6 heteroatoms. The summed E-state index contributed by atoms with van der Waals surface area (Å²) in [4.78, 5) is 22.6. The molecular weight excluding hydrogens is 294 g/mol. The Hall–Kier alpha value is -2.63. The van der Waals surface area contributed by atoms with Gasteiger partial charge in [0.1, 0.15) is 11.9 Å². The third-order valence-corrected chi connectivity index (χ3v) is 3.88. The van der Waals surface area contributed by atoms with E-state index in [4.69, 9.17) is 9.47 Å². The highest BCUT2D eigenvalue weighted by Gasteiger charge is 2.26. The Morgan fingerprint density at radius 1 is 1.13 bits per heavy atom. The van der Waals surface area contributed by atoms with Crippen LogP contribution < -0.4 is 9.47 Å². The van der Waals surface area contributed by atoms with E-state index < -0.39 is 0 Å². The summed E-state index contributed by atoms with van der Waals surface area (Å²) in [6.07, 6.45) is 4.88. The van der Waals surface area contributed by atoms with E-state index >= 15 is 0 Å². The summed E-state index contributed by atoms with van der Waals surface area (Å²) in [5.41, 5.74) is 0.598. The second-order valence-electron chi connectivity index (χ2n) is 5.34. The predicted molar refractivity (Wildman–Crippen MR) is 84.6 cm³/mol. The number of aromatic nitrogens is 2. The first-order valence-corrected chi connectivity index (χ1v) is 7.64. The summed E-state index contributed by atoms with van der Waals surface area (Å²) >= 11 is 0. The Balaban J connectivity index is 1.59. The number of ether oxygens (including phenoxy) is 2. The second-order valence-corrected chi connectivity index (χ2v) is 5.34. The lowest BCUT2D eigenvalue weighted by Crippen LogP contribution is -2.42. The van der Waals surface area contributed by atoms with Crippen LogP contribution in [0.4, 0.5) is 0 Å². The highest BCUT2D eigenvalue weighted by molar-refractivity contribution is 5.97. The maximum atomic E-state index is 12.6. The van der Waals surface area contributed by atoms with Crippen molar-refractivity contribution in [1.29, 1.82) is 0 Å². The third kappa shape index (κ3) is 3.59. The number of hydrogen-bond donors (Lipinski definition) is 0. The first-order valence-electron chi connectivity index (χ1n) is 7.64. The molecule has 2 aromatic rings. The first-order chi connectivity index (χ1) is 11.3. The molecule has 1 saturated heterocycles. The Kier molecular flexibility index (Phi) is 4.71. The quantitative estimate of drug-likeness (QED) is 0.865. The van der Waals surface area contributed by atoms with Crippen LogP contribution in [0, 0.1) is 0 Å². The van der Waals surface area contributed by atoms with Crippen LogP contribution in [0.15, 0.2) is 42.7 Å². The predicted octanol–water partition coefficient (Wildman–Crippen LogP) is 2.17. The molecule has 0 aliphatic carbocycles. The van der Waals surface area contributed by atoms with Crippen molar-refractivity contribution in [2.75, 3.05) is 20.2 Å². The summed E-state index contributed by atoms with van der Waals surface area (Å²) in [6.45, 7) is 1.29. The molecule has 1 aromatic carbocycles. The second kappa shape index (κ2) is 7.09. The molecule has 1 amide bonds. The van der Waals surface area contributed by atoms with Crippen LogP contribution in [-0.2, 0) is 0 Å². The van der Waals surface area contributed by atoms with Crippen LogP contribution in [0.5, 0.6) is 11.8 Å². The molecule has 0 spiro atoms. The van der Waals surface area contributed by atoms with E-state index in [1.807, 2.05) is 17.0 Å². The number of piperidine rings is 1. The summed E-state index contributed by atoms with van der Waals surface area (Å²) in [6, 6.07) is 9.44. The summed E-state index contributed by atoms with van der Waals surface area (Å²) < 4.78 is 11.0. The number of hydrogen-bond acceptors (Lipinski definition) is 5. The number of likely N-dealkylation sites (tertiary alicyclic amines) is 1. The van der Waals surface area contributed by atoms with Crippen molar-refractivity contribution in [1.82, 2.24) is 14.9 Å².